The Hall–Kier alpha value is -1.24. The second kappa shape index (κ2) is 5.59. The number of nitrogens with zero attached hydrogens (tertiary/aromatic N) is 4. The van der Waals surface area contributed by atoms with Crippen LogP contribution in [0, 0.1) is 17.4 Å². The minimum atomic E-state index is 0.140. The number of unbranched alkanes of at least 4 members (excludes halogenated alkanes) is 1. The monoisotopic (exact) mass is 208 g/mol. The molecule has 84 valence electrons. The van der Waals surface area contributed by atoms with Gasteiger partial charge in [-0.3, -0.25) is 5.01 Å². The van der Waals surface area contributed by atoms with E-state index in [9.17, 15) is 0 Å². The van der Waals surface area contributed by atoms with Crippen LogP contribution in [0.5, 0.6) is 0 Å². The van der Waals surface area contributed by atoms with Gasteiger partial charge in [0.25, 0.3) is 0 Å². The Morgan fingerprint density at radius 3 is 2.80 bits per heavy atom. The molecule has 1 atom stereocenters. The molecule has 1 heterocycles. The van der Waals surface area contributed by atoms with Crippen molar-refractivity contribution in [1.29, 1.82) is 5.26 Å². The second-order valence-electron chi connectivity index (χ2n) is 4.37. The summed E-state index contributed by atoms with van der Waals surface area (Å²) in [5, 5.41) is 15.3. The highest BCUT2D eigenvalue weighted by Gasteiger charge is 2.27. The standard InChI is InChI=1S/C11H20N4/c1-4-5-6-15-11(7-10(2)3)14(8-12)9-13-15/h9-11H,4-7H2,1-3H3. The lowest BCUT2D eigenvalue weighted by atomic mass is 10.1. The van der Waals surface area contributed by atoms with E-state index in [-0.39, 0.29) is 6.17 Å². The SMILES string of the molecule is CCCCN1N=CN(C#N)C1CC(C)C. The van der Waals surface area contributed by atoms with Gasteiger partial charge in [-0.2, -0.15) is 10.4 Å². The van der Waals surface area contributed by atoms with Crippen molar-refractivity contribution in [2.75, 3.05) is 6.54 Å². The predicted octanol–water partition coefficient (Wildman–Crippen LogP) is 2.20. The highest BCUT2D eigenvalue weighted by atomic mass is 15.6. The summed E-state index contributed by atoms with van der Waals surface area (Å²) in [7, 11) is 0. The zero-order valence-corrected chi connectivity index (χ0v) is 9.85. The van der Waals surface area contributed by atoms with Crippen molar-refractivity contribution in [1.82, 2.24) is 9.91 Å². The van der Waals surface area contributed by atoms with Crippen LogP contribution in [0.1, 0.15) is 40.0 Å². The van der Waals surface area contributed by atoms with E-state index >= 15 is 0 Å². The lowest BCUT2D eigenvalue weighted by Gasteiger charge is -2.27. The summed E-state index contributed by atoms with van der Waals surface area (Å²) in [6.07, 6.45) is 7.22. The van der Waals surface area contributed by atoms with Crippen molar-refractivity contribution in [3.05, 3.63) is 0 Å². The van der Waals surface area contributed by atoms with Crippen LogP contribution in [0.3, 0.4) is 0 Å². The Balaban J connectivity index is 2.55. The first-order chi connectivity index (χ1) is 7.19. The van der Waals surface area contributed by atoms with E-state index in [4.69, 9.17) is 5.26 Å². The van der Waals surface area contributed by atoms with Gasteiger partial charge in [-0.15, -0.1) is 0 Å². The second-order valence-corrected chi connectivity index (χ2v) is 4.37. The van der Waals surface area contributed by atoms with Gasteiger partial charge >= 0.3 is 0 Å². The zero-order valence-electron chi connectivity index (χ0n) is 9.85. The van der Waals surface area contributed by atoms with Gasteiger partial charge in [-0.25, -0.2) is 4.90 Å². The van der Waals surface area contributed by atoms with E-state index in [0.717, 1.165) is 25.8 Å². The first kappa shape index (κ1) is 11.8. The molecule has 1 aliphatic heterocycles. The highest BCUT2D eigenvalue weighted by Crippen LogP contribution is 2.19. The molecule has 0 saturated heterocycles. The molecule has 1 aliphatic rings. The third-order valence-corrected chi connectivity index (χ3v) is 2.53. The van der Waals surface area contributed by atoms with Crippen LogP contribution in [0.2, 0.25) is 0 Å². The molecule has 0 amide bonds. The summed E-state index contributed by atoms with van der Waals surface area (Å²) in [6, 6.07) is 0. The fourth-order valence-corrected chi connectivity index (χ4v) is 1.70. The van der Waals surface area contributed by atoms with E-state index < -0.39 is 0 Å². The molecule has 0 radical (unpaired) electrons. The van der Waals surface area contributed by atoms with Crippen LogP contribution >= 0.6 is 0 Å². The maximum absolute atomic E-state index is 8.95. The van der Waals surface area contributed by atoms with Gasteiger partial charge in [0, 0.05) is 6.54 Å². The van der Waals surface area contributed by atoms with E-state index in [1.165, 1.54) is 0 Å². The number of hydrazone groups is 1. The first-order valence-corrected chi connectivity index (χ1v) is 5.67. The number of hydrogen-bond donors (Lipinski definition) is 0. The molecule has 15 heavy (non-hydrogen) atoms. The summed E-state index contributed by atoms with van der Waals surface area (Å²) < 4.78 is 0. The molecule has 0 aromatic carbocycles. The third kappa shape index (κ3) is 3.12. The van der Waals surface area contributed by atoms with E-state index in [0.29, 0.717) is 5.92 Å². The quantitative estimate of drug-likeness (QED) is 0.650. The summed E-state index contributed by atoms with van der Waals surface area (Å²) in [4.78, 5) is 1.65. The minimum absolute atomic E-state index is 0.140. The highest BCUT2D eigenvalue weighted by molar-refractivity contribution is 5.59. The Labute approximate surface area is 92.2 Å². The minimum Gasteiger partial charge on any atom is -0.272 e. The molecular formula is C11H20N4. The number of rotatable bonds is 5. The van der Waals surface area contributed by atoms with Crippen LogP contribution in [-0.2, 0) is 0 Å². The van der Waals surface area contributed by atoms with E-state index in [1.54, 1.807) is 11.2 Å². The largest absolute Gasteiger partial charge is 0.272 e. The average Bonchev–Trinajstić information content (AvgIpc) is 2.57. The Bertz CT molecular complexity index is 254. The van der Waals surface area contributed by atoms with Crippen molar-refractivity contribution in [2.45, 2.75) is 46.2 Å². The molecule has 4 nitrogen and oxygen atoms in total. The molecule has 1 rings (SSSR count). The van der Waals surface area contributed by atoms with E-state index in [1.807, 2.05) is 5.01 Å². The Morgan fingerprint density at radius 2 is 2.27 bits per heavy atom. The molecule has 0 aromatic rings. The van der Waals surface area contributed by atoms with Crippen molar-refractivity contribution >= 4 is 6.34 Å². The molecule has 1 unspecified atom stereocenters. The molecule has 0 spiro atoms. The Morgan fingerprint density at radius 1 is 1.53 bits per heavy atom. The van der Waals surface area contributed by atoms with Gasteiger partial charge < -0.3 is 0 Å². The van der Waals surface area contributed by atoms with Crippen molar-refractivity contribution in [3.63, 3.8) is 0 Å². The van der Waals surface area contributed by atoms with Gasteiger partial charge in [-0.05, 0) is 18.8 Å². The summed E-state index contributed by atoms with van der Waals surface area (Å²) >= 11 is 0. The maximum atomic E-state index is 8.95. The van der Waals surface area contributed by atoms with Crippen molar-refractivity contribution in [2.24, 2.45) is 11.0 Å². The fraction of sp³-hybridized carbons (Fsp3) is 0.818. The lowest BCUT2D eigenvalue weighted by Crippen LogP contribution is -2.38. The molecule has 4 heteroatoms. The van der Waals surface area contributed by atoms with Crippen molar-refractivity contribution in [3.8, 4) is 6.19 Å². The molecule has 0 N–H and O–H groups in total. The predicted molar refractivity (Wildman–Crippen MR) is 60.8 cm³/mol. The van der Waals surface area contributed by atoms with Crippen LogP contribution in [-0.4, -0.2) is 29.0 Å². The van der Waals surface area contributed by atoms with Gasteiger partial charge in [0.15, 0.2) is 6.19 Å². The van der Waals surface area contributed by atoms with Gasteiger partial charge in [0.2, 0.25) is 0 Å². The van der Waals surface area contributed by atoms with Gasteiger partial charge in [-0.1, -0.05) is 27.2 Å². The van der Waals surface area contributed by atoms with Gasteiger partial charge in [0.1, 0.15) is 12.5 Å². The first-order valence-electron chi connectivity index (χ1n) is 5.67. The summed E-state index contributed by atoms with van der Waals surface area (Å²) in [6.45, 7) is 7.46. The van der Waals surface area contributed by atoms with Crippen LogP contribution in [0.4, 0.5) is 0 Å². The topological polar surface area (TPSA) is 42.6 Å². The van der Waals surface area contributed by atoms with Gasteiger partial charge in [0.05, 0.1) is 0 Å². The maximum Gasteiger partial charge on any atom is 0.187 e. The summed E-state index contributed by atoms with van der Waals surface area (Å²) in [5.74, 6) is 0.580. The fourth-order valence-electron chi connectivity index (χ4n) is 1.70. The normalized spacial score (nSPS) is 20.1. The molecule has 0 aliphatic carbocycles. The van der Waals surface area contributed by atoms with Crippen molar-refractivity contribution < 1.29 is 0 Å². The number of hydrogen-bond acceptors (Lipinski definition) is 4. The molecule has 0 fully saturated rings. The van der Waals surface area contributed by atoms with Crippen LogP contribution < -0.4 is 0 Å². The lowest BCUT2D eigenvalue weighted by molar-refractivity contribution is 0.136. The Kier molecular flexibility index (Phi) is 4.41. The summed E-state index contributed by atoms with van der Waals surface area (Å²) in [5.41, 5.74) is 0. The van der Waals surface area contributed by atoms with E-state index in [2.05, 4.69) is 32.1 Å². The number of nitriles is 1. The van der Waals surface area contributed by atoms with Crippen LogP contribution in [0.15, 0.2) is 5.10 Å². The molecule has 0 saturated carbocycles. The molecular weight excluding hydrogens is 188 g/mol. The third-order valence-electron chi connectivity index (χ3n) is 2.53. The molecule has 0 aromatic heterocycles. The molecule has 0 bridgehead atoms. The zero-order chi connectivity index (χ0) is 11.3. The smallest absolute Gasteiger partial charge is 0.187 e. The average molecular weight is 208 g/mol. The van der Waals surface area contributed by atoms with Crippen LogP contribution in [0.25, 0.3) is 0 Å².